The Morgan fingerprint density at radius 3 is 3.18 bits per heavy atom. The lowest BCUT2D eigenvalue weighted by Gasteiger charge is -2.07. The van der Waals surface area contributed by atoms with Crippen molar-refractivity contribution in [3.8, 4) is 0 Å². The molecule has 2 nitrogen and oxygen atoms in total. The van der Waals surface area contributed by atoms with Crippen LogP contribution in [0.3, 0.4) is 0 Å². The molecule has 4 atom stereocenters. The van der Waals surface area contributed by atoms with Crippen LogP contribution in [0.5, 0.6) is 0 Å². The van der Waals surface area contributed by atoms with Crippen molar-refractivity contribution in [2.24, 2.45) is 0 Å². The van der Waals surface area contributed by atoms with E-state index in [4.69, 9.17) is 9.47 Å². The fraction of sp³-hybridized carbons (Fsp3) is 0.556. The van der Waals surface area contributed by atoms with Crippen LogP contribution in [0.2, 0.25) is 0 Å². The third-order valence-corrected chi connectivity index (χ3v) is 2.75. The first-order valence-corrected chi connectivity index (χ1v) is 3.93. The maximum Gasteiger partial charge on any atom is 0.136 e. The van der Waals surface area contributed by atoms with Crippen molar-refractivity contribution in [3.63, 3.8) is 0 Å². The first-order chi connectivity index (χ1) is 5.24. The van der Waals surface area contributed by atoms with E-state index >= 15 is 0 Å². The first kappa shape index (κ1) is 5.98. The second-order valence-electron chi connectivity index (χ2n) is 3.54. The molecular formula is C9H10O2. The molecule has 58 valence electrons. The summed E-state index contributed by atoms with van der Waals surface area (Å²) in [5.74, 6) is 0. The molecule has 0 N–H and O–H groups in total. The Hall–Kier alpha value is -0.600. The van der Waals surface area contributed by atoms with Crippen molar-refractivity contribution >= 4 is 0 Å². The van der Waals surface area contributed by atoms with Crippen LogP contribution in [0.15, 0.2) is 24.3 Å². The van der Waals surface area contributed by atoms with E-state index in [-0.39, 0.29) is 11.7 Å². The summed E-state index contributed by atoms with van der Waals surface area (Å²) in [5.41, 5.74) is 0.949. The van der Waals surface area contributed by atoms with Crippen LogP contribution in [0, 0.1) is 0 Å². The van der Waals surface area contributed by atoms with Gasteiger partial charge in [0.05, 0.1) is 0 Å². The fourth-order valence-electron chi connectivity index (χ4n) is 1.88. The Kier molecular flexibility index (Phi) is 0.787. The van der Waals surface area contributed by atoms with Gasteiger partial charge in [0.1, 0.15) is 23.9 Å². The third kappa shape index (κ3) is 0.557. The van der Waals surface area contributed by atoms with Crippen LogP contribution >= 0.6 is 0 Å². The maximum absolute atomic E-state index is 5.57. The Morgan fingerprint density at radius 1 is 1.64 bits per heavy atom. The molecule has 2 aliphatic heterocycles. The highest BCUT2D eigenvalue weighted by Crippen LogP contribution is 2.54. The summed E-state index contributed by atoms with van der Waals surface area (Å²) in [4.78, 5) is 0. The van der Waals surface area contributed by atoms with Gasteiger partial charge in [0.15, 0.2) is 0 Å². The van der Waals surface area contributed by atoms with Crippen LogP contribution in [-0.4, -0.2) is 23.9 Å². The molecular weight excluding hydrogens is 140 g/mol. The summed E-state index contributed by atoms with van der Waals surface area (Å²) in [7, 11) is 0. The lowest BCUT2D eigenvalue weighted by atomic mass is 9.91. The van der Waals surface area contributed by atoms with E-state index in [2.05, 4.69) is 18.7 Å². The summed E-state index contributed by atoms with van der Waals surface area (Å²) in [6.07, 6.45) is 5.12. The molecule has 2 heteroatoms. The lowest BCUT2D eigenvalue weighted by Crippen LogP contribution is -2.20. The highest BCUT2D eigenvalue weighted by atomic mass is 16.7. The first-order valence-electron chi connectivity index (χ1n) is 3.93. The Bertz CT molecular complexity index is 269. The van der Waals surface area contributed by atoms with Gasteiger partial charge in [0, 0.05) is 0 Å². The molecule has 2 saturated heterocycles. The largest absolute Gasteiger partial charge is 0.362 e. The smallest absolute Gasteiger partial charge is 0.136 e. The standard InChI is InChI=1S/C9H10O2/c1-5(2)9-4-3-6-7(10-6)8(9)11-9/h3-4,6-8H,1H2,2H3. The van der Waals surface area contributed by atoms with Gasteiger partial charge in [-0.05, 0) is 18.6 Å². The zero-order chi connectivity index (χ0) is 7.64. The van der Waals surface area contributed by atoms with Crippen molar-refractivity contribution in [1.82, 2.24) is 0 Å². The van der Waals surface area contributed by atoms with Crippen molar-refractivity contribution in [2.45, 2.75) is 30.8 Å². The predicted octanol–water partition coefficient (Wildman–Crippen LogP) is 1.04. The Balaban J connectivity index is 1.99. The lowest BCUT2D eigenvalue weighted by molar-refractivity contribution is 0.302. The molecule has 0 amide bonds. The van der Waals surface area contributed by atoms with Crippen LogP contribution in [0.1, 0.15) is 6.92 Å². The van der Waals surface area contributed by atoms with Gasteiger partial charge in [0.25, 0.3) is 0 Å². The minimum Gasteiger partial charge on any atom is -0.362 e. The molecule has 3 rings (SSSR count). The summed E-state index contributed by atoms with van der Waals surface area (Å²) >= 11 is 0. The zero-order valence-corrected chi connectivity index (χ0v) is 6.41. The zero-order valence-electron chi connectivity index (χ0n) is 6.41. The van der Waals surface area contributed by atoms with E-state index in [9.17, 15) is 0 Å². The van der Waals surface area contributed by atoms with Crippen LogP contribution in [0.25, 0.3) is 0 Å². The molecule has 3 aliphatic rings. The van der Waals surface area contributed by atoms with Gasteiger partial charge < -0.3 is 9.47 Å². The topological polar surface area (TPSA) is 25.1 Å². The number of ether oxygens (including phenoxy) is 2. The van der Waals surface area contributed by atoms with E-state index in [1.54, 1.807) is 0 Å². The molecule has 0 bridgehead atoms. The van der Waals surface area contributed by atoms with E-state index in [0.717, 1.165) is 5.57 Å². The average molecular weight is 150 g/mol. The summed E-state index contributed by atoms with van der Waals surface area (Å²) < 4.78 is 10.9. The minimum atomic E-state index is -0.141. The quantitative estimate of drug-likeness (QED) is 0.412. The molecule has 0 radical (unpaired) electrons. The molecule has 2 heterocycles. The minimum absolute atomic E-state index is 0.141. The summed E-state index contributed by atoms with van der Waals surface area (Å²) in [5, 5.41) is 0. The predicted molar refractivity (Wildman–Crippen MR) is 40.2 cm³/mol. The number of fused-ring (bicyclic) bond motifs is 3. The molecule has 4 unspecified atom stereocenters. The SMILES string of the molecule is C=C(C)C12C=CC3OC3C1O2. The summed E-state index contributed by atoms with van der Waals surface area (Å²) in [6.45, 7) is 5.92. The highest BCUT2D eigenvalue weighted by Gasteiger charge is 2.68. The van der Waals surface area contributed by atoms with Crippen molar-refractivity contribution in [2.75, 3.05) is 0 Å². The van der Waals surface area contributed by atoms with Gasteiger partial charge in [0.2, 0.25) is 0 Å². The second kappa shape index (κ2) is 1.45. The van der Waals surface area contributed by atoms with Crippen LogP contribution in [0.4, 0.5) is 0 Å². The second-order valence-corrected chi connectivity index (χ2v) is 3.54. The number of rotatable bonds is 1. The van der Waals surface area contributed by atoms with Gasteiger partial charge >= 0.3 is 0 Å². The van der Waals surface area contributed by atoms with Gasteiger partial charge in [-0.15, -0.1) is 0 Å². The van der Waals surface area contributed by atoms with Crippen molar-refractivity contribution < 1.29 is 9.47 Å². The third-order valence-electron chi connectivity index (χ3n) is 2.75. The molecule has 0 aromatic rings. The summed E-state index contributed by atoms with van der Waals surface area (Å²) in [6, 6.07) is 0. The van der Waals surface area contributed by atoms with E-state index in [1.807, 2.05) is 6.92 Å². The van der Waals surface area contributed by atoms with Gasteiger partial charge in [-0.25, -0.2) is 0 Å². The van der Waals surface area contributed by atoms with E-state index in [0.29, 0.717) is 12.2 Å². The molecule has 0 spiro atoms. The molecule has 11 heavy (non-hydrogen) atoms. The molecule has 1 aliphatic carbocycles. The Labute approximate surface area is 65.5 Å². The van der Waals surface area contributed by atoms with Gasteiger partial charge in [-0.3, -0.25) is 0 Å². The monoisotopic (exact) mass is 150 g/mol. The maximum atomic E-state index is 5.57. The average Bonchev–Trinajstić information content (AvgIpc) is 2.81. The Morgan fingerprint density at radius 2 is 2.45 bits per heavy atom. The fourth-order valence-corrected chi connectivity index (χ4v) is 1.88. The van der Waals surface area contributed by atoms with Crippen LogP contribution in [-0.2, 0) is 9.47 Å². The van der Waals surface area contributed by atoms with E-state index < -0.39 is 0 Å². The van der Waals surface area contributed by atoms with Crippen molar-refractivity contribution in [1.29, 1.82) is 0 Å². The normalized spacial score (nSPS) is 56.3. The molecule has 0 aromatic heterocycles. The van der Waals surface area contributed by atoms with Gasteiger partial charge in [-0.1, -0.05) is 12.7 Å². The van der Waals surface area contributed by atoms with E-state index in [1.165, 1.54) is 0 Å². The number of hydrogen-bond donors (Lipinski definition) is 0. The molecule has 0 aromatic carbocycles. The molecule has 0 saturated carbocycles. The number of epoxide rings is 2. The molecule has 2 fully saturated rings. The number of hydrogen-bond acceptors (Lipinski definition) is 2. The van der Waals surface area contributed by atoms with Crippen molar-refractivity contribution in [3.05, 3.63) is 24.3 Å². The highest BCUT2D eigenvalue weighted by molar-refractivity contribution is 5.40. The van der Waals surface area contributed by atoms with Gasteiger partial charge in [-0.2, -0.15) is 0 Å². The van der Waals surface area contributed by atoms with Crippen LogP contribution < -0.4 is 0 Å².